The van der Waals surface area contributed by atoms with Gasteiger partial charge in [0.05, 0.1) is 0 Å². The number of ether oxygens (including phenoxy) is 2. The normalized spacial score (nSPS) is 11.1. The van der Waals surface area contributed by atoms with Gasteiger partial charge in [-0.05, 0) is 64.3 Å². The molecular formula is C28H50N4O4. The topological polar surface area (TPSA) is 83.1 Å². The Bertz CT molecular complexity index is 640. The van der Waals surface area contributed by atoms with Gasteiger partial charge >= 0.3 is 12.2 Å². The van der Waals surface area contributed by atoms with E-state index < -0.39 is 12.2 Å². The van der Waals surface area contributed by atoms with Gasteiger partial charge in [0.25, 0.3) is 0 Å². The molecule has 0 saturated heterocycles. The lowest BCUT2D eigenvalue weighted by molar-refractivity contribution is 0.145. The summed E-state index contributed by atoms with van der Waals surface area (Å²) in [5, 5.41) is 5.42. The molecule has 36 heavy (non-hydrogen) atoms. The summed E-state index contributed by atoms with van der Waals surface area (Å²) < 4.78 is 10.6. The first-order valence-corrected chi connectivity index (χ1v) is 13.8. The lowest BCUT2D eigenvalue weighted by Gasteiger charge is -2.17. The van der Waals surface area contributed by atoms with Gasteiger partial charge in [-0.1, -0.05) is 65.2 Å². The van der Waals surface area contributed by atoms with Crippen molar-refractivity contribution in [3.8, 4) is 0 Å². The van der Waals surface area contributed by atoms with Crippen LogP contribution in [0.5, 0.6) is 0 Å². The van der Waals surface area contributed by atoms with Gasteiger partial charge in [0.1, 0.15) is 13.2 Å². The standard InChI is InChI=1S/C28H50N4O4/c1-5-7-9-11-13-19-31(3)21-23-35-27(33)29-25-15-17-26(18-16-25)30-28(34)36-24-22-32(4)20-14-12-10-8-6-2/h15-18H,5-14,19-24H2,1-4H3,(H,29,33)(H,30,34). The van der Waals surface area contributed by atoms with Crippen molar-refractivity contribution in [3.63, 3.8) is 0 Å². The molecule has 1 aromatic carbocycles. The van der Waals surface area contributed by atoms with E-state index in [9.17, 15) is 9.59 Å². The Morgan fingerprint density at radius 3 is 1.33 bits per heavy atom. The number of carbonyl (C=O) groups excluding carboxylic acids is 2. The summed E-state index contributed by atoms with van der Waals surface area (Å²) in [7, 11) is 4.09. The first kappa shape index (κ1) is 31.7. The molecule has 0 aromatic heterocycles. The number of nitrogens with zero attached hydrogens (tertiary/aromatic N) is 2. The maximum atomic E-state index is 12.0. The third-order valence-corrected chi connectivity index (χ3v) is 6.08. The lowest BCUT2D eigenvalue weighted by atomic mass is 10.1. The maximum absolute atomic E-state index is 12.0. The Hall–Kier alpha value is -2.32. The molecular weight excluding hydrogens is 456 g/mol. The van der Waals surface area contributed by atoms with Gasteiger partial charge in [-0.15, -0.1) is 0 Å². The average Bonchev–Trinajstić information content (AvgIpc) is 2.85. The molecule has 1 rings (SSSR count). The van der Waals surface area contributed by atoms with Crippen LogP contribution in [0.4, 0.5) is 21.0 Å². The van der Waals surface area contributed by atoms with E-state index in [2.05, 4.69) is 34.3 Å². The second-order valence-electron chi connectivity index (χ2n) is 9.53. The van der Waals surface area contributed by atoms with Gasteiger partial charge in [-0.2, -0.15) is 0 Å². The molecule has 0 radical (unpaired) electrons. The molecule has 0 fully saturated rings. The number of unbranched alkanes of at least 4 members (excludes halogenated alkanes) is 8. The quantitative estimate of drug-likeness (QED) is 0.194. The molecule has 8 heteroatoms. The summed E-state index contributed by atoms with van der Waals surface area (Å²) >= 11 is 0. The third-order valence-electron chi connectivity index (χ3n) is 6.08. The van der Waals surface area contributed by atoms with E-state index >= 15 is 0 Å². The number of hydrogen-bond acceptors (Lipinski definition) is 6. The number of rotatable bonds is 20. The maximum Gasteiger partial charge on any atom is 0.411 e. The summed E-state index contributed by atoms with van der Waals surface area (Å²) in [5.74, 6) is 0. The van der Waals surface area contributed by atoms with Crippen molar-refractivity contribution >= 4 is 23.6 Å². The second kappa shape index (κ2) is 20.8. The van der Waals surface area contributed by atoms with Crippen LogP contribution in [0.1, 0.15) is 78.1 Å². The highest BCUT2D eigenvalue weighted by atomic mass is 16.6. The van der Waals surface area contributed by atoms with Gasteiger partial charge in [0.15, 0.2) is 0 Å². The molecule has 0 aliphatic rings. The van der Waals surface area contributed by atoms with Crippen LogP contribution < -0.4 is 10.6 Å². The molecule has 0 atom stereocenters. The molecule has 2 N–H and O–H groups in total. The Kier molecular flexibility index (Phi) is 18.3. The monoisotopic (exact) mass is 506 g/mol. The zero-order chi connectivity index (χ0) is 26.4. The van der Waals surface area contributed by atoms with Crippen molar-refractivity contribution < 1.29 is 19.1 Å². The summed E-state index contributed by atoms with van der Waals surface area (Å²) in [4.78, 5) is 28.4. The highest BCUT2D eigenvalue weighted by Gasteiger charge is 2.07. The van der Waals surface area contributed by atoms with Crippen LogP contribution in [0.2, 0.25) is 0 Å². The van der Waals surface area contributed by atoms with Crippen LogP contribution in [0.25, 0.3) is 0 Å². The molecule has 0 aliphatic carbocycles. The highest BCUT2D eigenvalue weighted by Crippen LogP contribution is 2.14. The number of nitrogens with one attached hydrogen (secondary N) is 2. The minimum atomic E-state index is -0.485. The van der Waals surface area contributed by atoms with Gasteiger partial charge < -0.3 is 19.3 Å². The van der Waals surface area contributed by atoms with E-state index in [4.69, 9.17) is 9.47 Å². The summed E-state index contributed by atoms with van der Waals surface area (Å²) in [6.07, 6.45) is 11.5. The minimum Gasteiger partial charge on any atom is -0.448 e. The largest absolute Gasteiger partial charge is 0.448 e. The molecule has 0 heterocycles. The Balaban J connectivity index is 2.16. The first-order chi connectivity index (χ1) is 17.4. The molecule has 1 aromatic rings. The fourth-order valence-corrected chi connectivity index (χ4v) is 3.73. The van der Waals surface area contributed by atoms with Gasteiger partial charge in [-0.3, -0.25) is 10.6 Å². The predicted octanol–water partition coefficient (Wildman–Crippen LogP) is 6.59. The highest BCUT2D eigenvalue weighted by molar-refractivity contribution is 5.87. The number of anilines is 2. The molecule has 206 valence electrons. The van der Waals surface area contributed by atoms with Crippen molar-refractivity contribution in [1.29, 1.82) is 0 Å². The minimum absolute atomic E-state index is 0.344. The fourth-order valence-electron chi connectivity index (χ4n) is 3.73. The number of carbonyl (C=O) groups is 2. The number of benzene rings is 1. The smallest absolute Gasteiger partial charge is 0.411 e. The van der Waals surface area contributed by atoms with Crippen LogP contribution >= 0.6 is 0 Å². The molecule has 0 spiro atoms. The van der Waals surface area contributed by atoms with E-state index in [0.29, 0.717) is 37.7 Å². The summed E-state index contributed by atoms with van der Waals surface area (Å²) in [5.41, 5.74) is 1.20. The van der Waals surface area contributed by atoms with E-state index in [1.54, 1.807) is 24.3 Å². The number of amides is 2. The van der Waals surface area contributed by atoms with Crippen LogP contribution in [-0.2, 0) is 9.47 Å². The van der Waals surface area contributed by atoms with Crippen LogP contribution in [-0.4, -0.2) is 75.5 Å². The third kappa shape index (κ3) is 17.2. The van der Waals surface area contributed by atoms with Crippen molar-refractivity contribution in [3.05, 3.63) is 24.3 Å². The lowest BCUT2D eigenvalue weighted by Crippen LogP contribution is -2.26. The second-order valence-corrected chi connectivity index (χ2v) is 9.53. The molecule has 0 unspecified atom stereocenters. The van der Waals surface area contributed by atoms with Crippen molar-refractivity contribution in [1.82, 2.24) is 9.80 Å². The molecule has 0 saturated carbocycles. The Morgan fingerprint density at radius 2 is 0.972 bits per heavy atom. The van der Waals surface area contributed by atoms with Crippen LogP contribution in [0.3, 0.4) is 0 Å². The van der Waals surface area contributed by atoms with E-state index in [-0.39, 0.29) is 0 Å². The summed E-state index contributed by atoms with van der Waals surface area (Å²) in [6, 6.07) is 6.86. The number of hydrogen-bond donors (Lipinski definition) is 2. The van der Waals surface area contributed by atoms with Crippen molar-refractivity contribution in [2.45, 2.75) is 78.1 Å². The molecule has 2 amide bonds. The van der Waals surface area contributed by atoms with Gasteiger partial charge in [-0.25, -0.2) is 9.59 Å². The molecule has 0 bridgehead atoms. The summed E-state index contributed by atoms with van der Waals surface area (Å²) in [6.45, 7) is 8.57. The Morgan fingerprint density at radius 1 is 0.611 bits per heavy atom. The molecule has 0 aliphatic heterocycles. The SMILES string of the molecule is CCCCCCCN(C)CCOC(=O)Nc1ccc(NC(=O)OCCN(C)CCCCCCC)cc1. The van der Waals surface area contributed by atoms with Crippen molar-refractivity contribution in [2.75, 3.05) is 64.1 Å². The fraction of sp³-hybridized carbons (Fsp3) is 0.714. The number of likely N-dealkylation sites (N-methyl/N-ethyl adjacent to an activating group) is 2. The average molecular weight is 507 g/mol. The predicted molar refractivity (Wildman–Crippen MR) is 149 cm³/mol. The zero-order valence-corrected chi connectivity index (χ0v) is 23.2. The van der Waals surface area contributed by atoms with Gasteiger partial charge in [0.2, 0.25) is 0 Å². The first-order valence-electron chi connectivity index (χ1n) is 13.8. The molecule has 8 nitrogen and oxygen atoms in total. The Labute approximate surface area is 219 Å². The van der Waals surface area contributed by atoms with E-state index in [1.165, 1.54) is 64.2 Å². The van der Waals surface area contributed by atoms with Crippen LogP contribution in [0, 0.1) is 0 Å². The van der Waals surface area contributed by atoms with Crippen LogP contribution in [0.15, 0.2) is 24.3 Å². The zero-order valence-electron chi connectivity index (χ0n) is 23.2. The van der Waals surface area contributed by atoms with E-state index in [1.807, 2.05) is 14.1 Å². The van der Waals surface area contributed by atoms with Crippen molar-refractivity contribution in [2.24, 2.45) is 0 Å². The van der Waals surface area contributed by atoms with Gasteiger partial charge in [0, 0.05) is 24.5 Å². The van der Waals surface area contributed by atoms with E-state index in [0.717, 1.165) is 13.1 Å².